The second-order valence-electron chi connectivity index (χ2n) is 13.0. The third-order valence-electron chi connectivity index (χ3n) is 9.89. The molecule has 0 bridgehead atoms. The van der Waals surface area contributed by atoms with E-state index in [0.717, 1.165) is 71.9 Å². The molecule has 0 radical (unpaired) electrons. The van der Waals surface area contributed by atoms with Gasteiger partial charge in [-0.1, -0.05) is 158 Å². The highest BCUT2D eigenvalue weighted by atomic mass is 16.3. The smallest absolute Gasteiger partial charge is 0.161 e. The number of nitrogens with zero attached hydrogens (tertiary/aromatic N) is 2. The first kappa shape index (κ1) is 29.1. The van der Waals surface area contributed by atoms with E-state index in [2.05, 4.69) is 133 Å². The Hall–Kier alpha value is -6.84. The Morgan fingerprint density at radius 1 is 0.353 bits per heavy atom. The summed E-state index contributed by atoms with van der Waals surface area (Å²) in [5.41, 5.74) is 11.2. The minimum absolute atomic E-state index is 0.665. The summed E-state index contributed by atoms with van der Waals surface area (Å²) in [6, 6.07) is 63.8. The second-order valence-corrected chi connectivity index (χ2v) is 13.0. The highest BCUT2D eigenvalue weighted by Crippen LogP contribution is 2.43. The van der Waals surface area contributed by atoms with E-state index in [0.29, 0.717) is 5.82 Å². The summed E-state index contributed by atoms with van der Waals surface area (Å²) in [6.07, 6.45) is 0. The van der Waals surface area contributed by atoms with Gasteiger partial charge in [-0.25, -0.2) is 9.97 Å². The van der Waals surface area contributed by atoms with Crippen molar-refractivity contribution in [2.75, 3.05) is 0 Å². The average molecular weight is 651 g/mol. The second kappa shape index (κ2) is 11.9. The number of aromatic nitrogens is 2. The molecule has 0 saturated heterocycles. The van der Waals surface area contributed by atoms with Crippen molar-refractivity contribution in [3.05, 3.63) is 182 Å². The van der Waals surface area contributed by atoms with Crippen molar-refractivity contribution >= 4 is 43.5 Å². The van der Waals surface area contributed by atoms with Crippen molar-refractivity contribution in [3.63, 3.8) is 0 Å². The van der Waals surface area contributed by atoms with Gasteiger partial charge in [-0.3, -0.25) is 0 Å². The lowest BCUT2D eigenvalue weighted by atomic mass is 9.93. The zero-order valence-electron chi connectivity index (χ0n) is 27.6. The fraction of sp³-hybridized carbons (Fsp3) is 0. The van der Waals surface area contributed by atoms with Gasteiger partial charge in [-0.05, 0) is 62.7 Å². The first-order valence-corrected chi connectivity index (χ1v) is 17.2. The van der Waals surface area contributed by atoms with Crippen molar-refractivity contribution in [3.8, 4) is 56.2 Å². The summed E-state index contributed by atoms with van der Waals surface area (Å²) in [6.45, 7) is 0. The van der Waals surface area contributed by atoms with Crippen molar-refractivity contribution in [2.45, 2.75) is 0 Å². The molecule has 10 rings (SSSR count). The van der Waals surface area contributed by atoms with Gasteiger partial charge in [0.15, 0.2) is 5.82 Å². The topological polar surface area (TPSA) is 38.9 Å². The normalized spacial score (nSPS) is 11.5. The van der Waals surface area contributed by atoms with Crippen LogP contribution < -0.4 is 0 Å². The highest BCUT2D eigenvalue weighted by Gasteiger charge is 2.20. The molecule has 0 aliphatic carbocycles. The number of furan rings is 1. The number of rotatable bonds is 5. The van der Waals surface area contributed by atoms with Gasteiger partial charge < -0.3 is 4.42 Å². The minimum Gasteiger partial charge on any atom is -0.455 e. The van der Waals surface area contributed by atoms with Crippen LogP contribution >= 0.6 is 0 Å². The molecule has 238 valence electrons. The van der Waals surface area contributed by atoms with Crippen LogP contribution in [0.4, 0.5) is 0 Å². The number of benzene rings is 8. The predicted octanol–water partition coefficient (Wildman–Crippen LogP) is 13.0. The van der Waals surface area contributed by atoms with Crippen LogP contribution in [0.3, 0.4) is 0 Å². The van der Waals surface area contributed by atoms with Gasteiger partial charge >= 0.3 is 0 Å². The maximum atomic E-state index is 6.71. The lowest BCUT2D eigenvalue weighted by molar-refractivity contribution is 0.673. The monoisotopic (exact) mass is 650 g/mol. The molecule has 0 amide bonds. The molecule has 0 unspecified atom stereocenters. The molecule has 0 saturated carbocycles. The van der Waals surface area contributed by atoms with Gasteiger partial charge in [-0.15, -0.1) is 0 Å². The molecule has 3 heteroatoms. The number of hydrogen-bond donors (Lipinski definition) is 0. The van der Waals surface area contributed by atoms with Gasteiger partial charge in [0.1, 0.15) is 11.2 Å². The molecular formula is C48H30N2O. The minimum atomic E-state index is 0.665. The van der Waals surface area contributed by atoms with Crippen LogP contribution in [0.2, 0.25) is 0 Å². The van der Waals surface area contributed by atoms with Crippen LogP contribution in [0.15, 0.2) is 186 Å². The van der Waals surface area contributed by atoms with E-state index in [4.69, 9.17) is 14.4 Å². The Morgan fingerprint density at radius 2 is 0.961 bits per heavy atom. The molecular weight excluding hydrogens is 621 g/mol. The SMILES string of the molecule is c1ccc(-c2cc(-c3ccccc3)nc(-c3cccc4oc5c6ccccc6c(-c6ccc(-c7ccc8ccccc8c7)cc6)cc5c34)n2)cc1. The number of fused-ring (bicyclic) bond motifs is 6. The highest BCUT2D eigenvalue weighted by molar-refractivity contribution is 6.22. The summed E-state index contributed by atoms with van der Waals surface area (Å²) in [7, 11) is 0. The van der Waals surface area contributed by atoms with E-state index in [1.54, 1.807) is 0 Å². The van der Waals surface area contributed by atoms with Crippen LogP contribution in [0, 0.1) is 0 Å². The van der Waals surface area contributed by atoms with Gasteiger partial charge in [0.25, 0.3) is 0 Å². The van der Waals surface area contributed by atoms with E-state index in [1.807, 2.05) is 48.5 Å². The maximum Gasteiger partial charge on any atom is 0.161 e. The molecule has 0 N–H and O–H groups in total. The van der Waals surface area contributed by atoms with Crippen LogP contribution in [0.1, 0.15) is 0 Å². The molecule has 8 aromatic carbocycles. The van der Waals surface area contributed by atoms with Crippen molar-refractivity contribution in [1.29, 1.82) is 0 Å². The lowest BCUT2D eigenvalue weighted by Crippen LogP contribution is -1.96. The largest absolute Gasteiger partial charge is 0.455 e. The fourth-order valence-corrected chi connectivity index (χ4v) is 7.37. The Labute approximate surface area is 295 Å². The molecule has 0 aliphatic heterocycles. The predicted molar refractivity (Wildman–Crippen MR) is 212 cm³/mol. The van der Waals surface area contributed by atoms with E-state index in [1.165, 1.54) is 21.9 Å². The molecule has 3 nitrogen and oxygen atoms in total. The summed E-state index contributed by atoms with van der Waals surface area (Å²) in [5.74, 6) is 0.665. The van der Waals surface area contributed by atoms with Crippen molar-refractivity contribution in [1.82, 2.24) is 9.97 Å². The fourth-order valence-electron chi connectivity index (χ4n) is 7.37. The third kappa shape index (κ3) is 5.06. The van der Waals surface area contributed by atoms with Crippen LogP contribution in [-0.2, 0) is 0 Å². The van der Waals surface area contributed by atoms with Crippen LogP contribution in [0.5, 0.6) is 0 Å². The number of hydrogen-bond acceptors (Lipinski definition) is 3. The average Bonchev–Trinajstić information content (AvgIpc) is 3.60. The molecule has 2 heterocycles. The van der Waals surface area contributed by atoms with Gasteiger partial charge in [0.2, 0.25) is 0 Å². The van der Waals surface area contributed by atoms with Crippen LogP contribution in [-0.4, -0.2) is 9.97 Å². The molecule has 0 aliphatic rings. The Kier molecular flexibility index (Phi) is 6.81. The first-order chi connectivity index (χ1) is 25.3. The zero-order valence-corrected chi connectivity index (χ0v) is 27.6. The summed E-state index contributed by atoms with van der Waals surface area (Å²) in [4.78, 5) is 10.4. The molecule has 0 atom stereocenters. The quantitative estimate of drug-likeness (QED) is 0.186. The van der Waals surface area contributed by atoms with E-state index < -0.39 is 0 Å². The first-order valence-electron chi connectivity index (χ1n) is 17.2. The van der Waals surface area contributed by atoms with Gasteiger partial charge in [-0.2, -0.15) is 0 Å². The molecule has 0 spiro atoms. The van der Waals surface area contributed by atoms with Crippen LogP contribution in [0.25, 0.3) is 99.6 Å². The zero-order chi connectivity index (χ0) is 33.7. The molecule has 10 aromatic rings. The molecule has 0 fully saturated rings. The van der Waals surface area contributed by atoms with Gasteiger partial charge in [0.05, 0.1) is 11.4 Å². The Bertz CT molecular complexity index is 2830. The Balaban J connectivity index is 1.17. The van der Waals surface area contributed by atoms with Crippen molar-refractivity contribution < 1.29 is 4.42 Å². The van der Waals surface area contributed by atoms with E-state index in [9.17, 15) is 0 Å². The summed E-state index contributed by atoms with van der Waals surface area (Å²) < 4.78 is 6.71. The molecule has 51 heavy (non-hydrogen) atoms. The maximum absolute atomic E-state index is 6.71. The van der Waals surface area contributed by atoms with Gasteiger partial charge in [0, 0.05) is 32.8 Å². The molecule has 2 aromatic heterocycles. The van der Waals surface area contributed by atoms with E-state index in [-0.39, 0.29) is 0 Å². The van der Waals surface area contributed by atoms with Crippen molar-refractivity contribution in [2.24, 2.45) is 0 Å². The lowest BCUT2D eigenvalue weighted by Gasteiger charge is -2.11. The summed E-state index contributed by atoms with van der Waals surface area (Å²) >= 11 is 0. The standard InChI is InChI=1S/C48H30N2O/c1-3-13-34(14-4-1)43-30-44(35-15-5-2-6-16-35)50-48(49-43)40-20-11-21-45-46(40)42-29-41(38-18-9-10-19-39(38)47(42)51-45)33-25-22-32(23-26-33)37-27-24-31-12-7-8-17-36(31)28-37/h1-30H. The summed E-state index contributed by atoms with van der Waals surface area (Å²) in [5, 5.41) is 6.77. The van der Waals surface area contributed by atoms with E-state index >= 15 is 0 Å². The Morgan fingerprint density at radius 3 is 1.69 bits per heavy atom. The third-order valence-corrected chi connectivity index (χ3v) is 9.89.